The number of hydrogen-bond donors (Lipinski definition) is 0. The second-order valence-corrected chi connectivity index (χ2v) is 5.43. The SMILES string of the molecule is CCCCC(CCOC(=O)CCCCC(=O)OCCOC)OC. The molecule has 0 saturated heterocycles. The fourth-order valence-corrected chi connectivity index (χ4v) is 2.04. The highest BCUT2D eigenvalue weighted by atomic mass is 16.6. The Morgan fingerprint density at radius 3 is 1.96 bits per heavy atom. The Bertz CT molecular complexity index is 305. The molecule has 0 radical (unpaired) electrons. The molecule has 0 aliphatic carbocycles. The molecule has 0 spiro atoms. The van der Waals surface area contributed by atoms with Crippen LogP contribution in [-0.4, -0.2) is 52.1 Å². The Balaban J connectivity index is 3.54. The van der Waals surface area contributed by atoms with Crippen molar-refractivity contribution in [2.45, 2.75) is 64.4 Å². The van der Waals surface area contributed by atoms with Crippen molar-refractivity contribution in [1.29, 1.82) is 0 Å². The van der Waals surface area contributed by atoms with Crippen molar-refractivity contribution >= 4 is 11.9 Å². The minimum Gasteiger partial charge on any atom is -0.466 e. The zero-order valence-electron chi connectivity index (χ0n) is 14.8. The zero-order chi connectivity index (χ0) is 17.3. The predicted octanol–water partition coefficient (Wildman–Crippen LogP) is 2.87. The Morgan fingerprint density at radius 1 is 0.826 bits per heavy atom. The van der Waals surface area contributed by atoms with E-state index in [2.05, 4.69) is 6.92 Å². The molecule has 1 unspecified atom stereocenters. The monoisotopic (exact) mass is 332 g/mol. The van der Waals surface area contributed by atoms with Gasteiger partial charge < -0.3 is 18.9 Å². The van der Waals surface area contributed by atoms with Crippen LogP contribution >= 0.6 is 0 Å². The van der Waals surface area contributed by atoms with Crippen LogP contribution < -0.4 is 0 Å². The van der Waals surface area contributed by atoms with E-state index in [1.54, 1.807) is 14.2 Å². The van der Waals surface area contributed by atoms with Gasteiger partial charge in [-0.3, -0.25) is 9.59 Å². The highest BCUT2D eigenvalue weighted by Gasteiger charge is 2.09. The molecule has 0 amide bonds. The average Bonchev–Trinajstić information content (AvgIpc) is 2.55. The van der Waals surface area contributed by atoms with Gasteiger partial charge in [-0.05, 0) is 19.3 Å². The van der Waals surface area contributed by atoms with Crippen LogP contribution in [0.15, 0.2) is 0 Å². The van der Waals surface area contributed by atoms with Gasteiger partial charge in [0.15, 0.2) is 0 Å². The molecule has 1 atom stereocenters. The molecule has 136 valence electrons. The van der Waals surface area contributed by atoms with Crippen LogP contribution in [0, 0.1) is 0 Å². The molecule has 0 N–H and O–H groups in total. The summed E-state index contributed by atoms with van der Waals surface area (Å²) >= 11 is 0. The first-order valence-electron chi connectivity index (χ1n) is 8.47. The van der Waals surface area contributed by atoms with Gasteiger partial charge in [0.05, 0.1) is 19.3 Å². The molecule has 0 fully saturated rings. The fraction of sp³-hybridized carbons (Fsp3) is 0.882. The topological polar surface area (TPSA) is 71.1 Å². The van der Waals surface area contributed by atoms with Crippen LogP contribution in [0.4, 0.5) is 0 Å². The van der Waals surface area contributed by atoms with Gasteiger partial charge in [-0.25, -0.2) is 0 Å². The first-order chi connectivity index (χ1) is 11.1. The standard InChI is InChI=1S/C17H32O6/c1-4-5-8-15(21-3)11-12-22-16(18)9-6-7-10-17(19)23-14-13-20-2/h15H,4-14H2,1-3H3. The normalized spacial score (nSPS) is 12.0. The first kappa shape index (κ1) is 21.9. The number of methoxy groups -OCH3 is 2. The summed E-state index contributed by atoms with van der Waals surface area (Å²) in [5.41, 5.74) is 0. The number of rotatable bonds is 15. The molecule has 0 bridgehead atoms. The van der Waals surface area contributed by atoms with Gasteiger partial charge in [0.1, 0.15) is 6.61 Å². The van der Waals surface area contributed by atoms with E-state index in [0.717, 1.165) is 25.7 Å². The third kappa shape index (κ3) is 14.2. The molecule has 23 heavy (non-hydrogen) atoms. The van der Waals surface area contributed by atoms with Crippen LogP contribution in [0.3, 0.4) is 0 Å². The molecule has 0 rings (SSSR count). The van der Waals surface area contributed by atoms with E-state index in [0.29, 0.717) is 38.9 Å². The van der Waals surface area contributed by atoms with E-state index in [9.17, 15) is 9.59 Å². The molecule has 0 saturated carbocycles. The molecule has 0 aliphatic rings. The summed E-state index contributed by atoms with van der Waals surface area (Å²) in [7, 11) is 3.24. The summed E-state index contributed by atoms with van der Waals surface area (Å²) < 4.78 is 20.3. The fourth-order valence-electron chi connectivity index (χ4n) is 2.04. The third-order valence-electron chi connectivity index (χ3n) is 3.48. The smallest absolute Gasteiger partial charge is 0.305 e. The lowest BCUT2D eigenvalue weighted by Crippen LogP contribution is -2.15. The van der Waals surface area contributed by atoms with Gasteiger partial charge >= 0.3 is 11.9 Å². The summed E-state index contributed by atoms with van der Waals surface area (Å²) in [5.74, 6) is -0.475. The van der Waals surface area contributed by atoms with Crippen LogP contribution in [-0.2, 0) is 28.5 Å². The quantitative estimate of drug-likeness (QED) is 0.339. The number of unbranched alkanes of at least 4 members (excludes halogenated alkanes) is 2. The molecular weight excluding hydrogens is 300 g/mol. The summed E-state index contributed by atoms with van der Waals surface area (Å²) in [6.45, 7) is 3.20. The van der Waals surface area contributed by atoms with Crippen molar-refractivity contribution in [2.75, 3.05) is 34.0 Å². The zero-order valence-corrected chi connectivity index (χ0v) is 14.8. The van der Waals surface area contributed by atoms with Crippen LogP contribution in [0.25, 0.3) is 0 Å². The van der Waals surface area contributed by atoms with Crippen LogP contribution in [0.2, 0.25) is 0 Å². The minimum atomic E-state index is -0.255. The molecular formula is C17H32O6. The van der Waals surface area contributed by atoms with Gasteiger partial charge in [0.2, 0.25) is 0 Å². The maximum atomic E-state index is 11.6. The van der Waals surface area contributed by atoms with Gasteiger partial charge in [-0.2, -0.15) is 0 Å². The highest BCUT2D eigenvalue weighted by Crippen LogP contribution is 2.09. The molecule has 6 heteroatoms. The Labute approximate surface area is 139 Å². The molecule has 0 aromatic rings. The second-order valence-electron chi connectivity index (χ2n) is 5.43. The molecule has 0 aromatic heterocycles. The average molecular weight is 332 g/mol. The summed E-state index contributed by atoms with van der Waals surface area (Å²) in [6.07, 6.45) is 6.03. The lowest BCUT2D eigenvalue weighted by molar-refractivity contribution is -0.147. The van der Waals surface area contributed by atoms with E-state index < -0.39 is 0 Å². The largest absolute Gasteiger partial charge is 0.466 e. The Hall–Kier alpha value is -1.14. The molecule has 0 heterocycles. The number of ether oxygens (including phenoxy) is 4. The first-order valence-corrected chi connectivity index (χ1v) is 8.47. The highest BCUT2D eigenvalue weighted by molar-refractivity contribution is 5.70. The Kier molecular flexibility index (Phi) is 15.0. The van der Waals surface area contributed by atoms with Gasteiger partial charge in [0.25, 0.3) is 0 Å². The summed E-state index contributed by atoms with van der Waals surface area (Å²) in [6, 6.07) is 0. The third-order valence-corrected chi connectivity index (χ3v) is 3.48. The number of esters is 2. The van der Waals surface area contributed by atoms with Crippen molar-refractivity contribution in [1.82, 2.24) is 0 Å². The van der Waals surface area contributed by atoms with Crippen LogP contribution in [0.5, 0.6) is 0 Å². The van der Waals surface area contributed by atoms with Crippen molar-refractivity contribution in [3.8, 4) is 0 Å². The summed E-state index contributed by atoms with van der Waals surface area (Å²) in [5, 5.41) is 0. The lowest BCUT2D eigenvalue weighted by Gasteiger charge is -2.14. The second kappa shape index (κ2) is 15.7. The molecule has 0 aliphatic heterocycles. The van der Waals surface area contributed by atoms with Crippen molar-refractivity contribution in [3.05, 3.63) is 0 Å². The Morgan fingerprint density at radius 2 is 1.43 bits per heavy atom. The van der Waals surface area contributed by atoms with Crippen molar-refractivity contribution < 1.29 is 28.5 Å². The van der Waals surface area contributed by atoms with Gasteiger partial charge in [0, 0.05) is 33.5 Å². The van der Waals surface area contributed by atoms with E-state index in [-0.39, 0.29) is 24.6 Å². The minimum absolute atomic E-state index is 0.157. The maximum absolute atomic E-state index is 11.6. The number of hydrogen-bond acceptors (Lipinski definition) is 6. The molecule has 0 aromatic carbocycles. The van der Waals surface area contributed by atoms with Gasteiger partial charge in [-0.15, -0.1) is 0 Å². The lowest BCUT2D eigenvalue weighted by atomic mass is 10.1. The number of carbonyl (C=O) groups excluding carboxylic acids is 2. The summed E-state index contributed by atoms with van der Waals surface area (Å²) in [4.78, 5) is 22.9. The van der Waals surface area contributed by atoms with Crippen molar-refractivity contribution in [2.24, 2.45) is 0 Å². The molecule has 6 nitrogen and oxygen atoms in total. The predicted molar refractivity (Wildman–Crippen MR) is 87.2 cm³/mol. The van der Waals surface area contributed by atoms with E-state index >= 15 is 0 Å². The maximum Gasteiger partial charge on any atom is 0.305 e. The van der Waals surface area contributed by atoms with E-state index in [4.69, 9.17) is 18.9 Å². The van der Waals surface area contributed by atoms with E-state index in [1.165, 1.54) is 0 Å². The van der Waals surface area contributed by atoms with E-state index in [1.807, 2.05) is 0 Å². The van der Waals surface area contributed by atoms with Crippen molar-refractivity contribution in [3.63, 3.8) is 0 Å². The van der Waals surface area contributed by atoms with Crippen LogP contribution in [0.1, 0.15) is 58.3 Å². The number of carbonyl (C=O) groups is 2. The van der Waals surface area contributed by atoms with Gasteiger partial charge in [-0.1, -0.05) is 19.8 Å².